The lowest BCUT2D eigenvalue weighted by Gasteiger charge is -2.35. The molecule has 3 fully saturated rings. The number of anilines is 2. The van der Waals surface area contributed by atoms with E-state index in [1.165, 1.54) is 4.90 Å². The number of carbonyl (C=O) groups is 5. The zero-order valence-corrected chi connectivity index (χ0v) is 51.5. The molecule has 5 aromatic rings. The van der Waals surface area contributed by atoms with Gasteiger partial charge < -0.3 is 60.3 Å². The highest BCUT2D eigenvalue weighted by Gasteiger charge is 2.44. The topological polar surface area (TPSA) is 243 Å². The summed E-state index contributed by atoms with van der Waals surface area (Å²) in [7, 11) is 2.02. The Balaban J connectivity index is 0.670. The van der Waals surface area contributed by atoms with Crippen molar-refractivity contribution in [2.24, 2.45) is 5.41 Å². The van der Waals surface area contributed by atoms with Crippen LogP contribution < -0.4 is 31.7 Å². The number of likely N-dealkylation sites (N-methyl/N-ethyl adjacent to an activating group) is 1. The summed E-state index contributed by atoms with van der Waals surface area (Å²) >= 11 is 1.56. The van der Waals surface area contributed by atoms with Gasteiger partial charge in [-0.05, 0) is 65.4 Å². The van der Waals surface area contributed by atoms with E-state index in [4.69, 9.17) is 14.2 Å². The summed E-state index contributed by atoms with van der Waals surface area (Å²) in [5, 5.41) is 22.1. The maximum atomic E-state index is 14.0. The van der Waals surface area contributed by atoms with Crippen molar-refractivity contribution in [1.29, 1.82) is 0 Å². The third-order valence-electron chi connectivity index (χ3n) is 15.8. The summed E-state index contributed by atoms with van der Waals surface area (Å²) in [6.07, 6.45) is -4.71. The van der Waals surface area contributed by atoms with Crippen LogP contribution in [0.4, 0.5) is 24.5 Å². The summed E-state index contributed by atoms with van der Waals surface area (Å²) in [5.74, 6) is -2.31. The van der Waals surface area contributed by atoms with E-state index in [0.29, 0.717) is 50.2 Å². The number of thiazole rings is 1. The molecule has 3 saturated heterocycles. The van der Waals surface area contributed by atoms with Gasteiger partial charge in [0.1, 0.15) is 12.1 Å². The van der Waals surface area contributed by atoms with Crippen LogP contribution in [0.1, 0.15) is 72.8 Å². The van der Waals surface area contributed by atoms with Gasteiger partial charge in [-0.15, -0.1) is 11.3 Å². The maximum Gasteiger partial charge on any atom is 0.417 e. The number of benzene rings is 3. The summed E-state index contributed by atoms with van der Waals surface area (Å²) in [6, 6.07) is 20.1. The molecule has 5 amide bonds. The van der Waals surface area contributed by atoms with Crippen molar-refractivity contribution < 1.29 is 56.5 Å². The average molecular weight is 1240 g/mol. The standard InChI is InChI=1S/C63H82F3N11O10S/c1-42-57(88-41-70-42)45-11-9-43(10-12-45)37-69-60(83)53-35-48(78)40-77(53)61(84)58(62(2,3)4)72-55(80)16-28-86-30-32-87-31-29-85-27-15-54(79)67-17-18-74-21-23-75(24-22-74)39-44-7-6-8-46(33-44)47-13-14-52(76-25-19-73(5)20-26-76)51(34-47)71-59(82)49-38-68-56(81)36-50(49)63(64,65)66/h6-14,33-34,36,38,41,48,53,58,78H,15-32,35,37,39-40H2,1-5H3,(H,67,79)(H,68,81)(H,69,83)(H,71,82)(H,72,80). The fourth-order valence-corrected chi connectivity index (χ4v) is 11.6. The molecule has 476 valence electrons. The second-order valence-corrected chi connectivity index (χ2v) is 24.4. The molecular weight excluding hydrogens is 1160 g/mol. The molecule has 88 heavy (non-hydrogen) atoms. The summed E-state index contributed by atoms with van der Waals surface area (Å²) < 4.78 is 58.7. The van der Waals surface area contributed by atoms with Crippen LogP contribution in [0.2, 0.25) is 0 Å². The normalized spacial score (nSPS) is 17.4. The summed E-state index contributed by atoms with van der Waals surface area (Å²) in [5.41, 5.74) is 4.81. The summed E-state index contributed by atoms with van der Waals surface area (Å²) in [6.45, 7) is 17.1. The Labute approximate surface area is 515 Å². The molecule has 8 rings (SSSR count). The monoisotopic (exact) mass is 1240 g/mol. The molecule has 3 atom stereocenters. The van der Waals surface area contributed by atoms with Crippen molar-refractivity contribution in [3.05, 3.63) is 123 Å². The number of ether oxygens (including phenoxy) is 3. The molecule has 3 aliphatic rings. The van der Waals surface area contributed by atoms with Crippen LogP contribution in [0.15, 0.2) is 89.3 Å². The lowest BCUT2D eigenvalue weighted by Crippen LogP contribution is -2.57. The minimum Gasteiger partial charge on any atom is -0.391 e. The van der Waals surface area contributed by atoms with Gasteiger partial charge in [-0.3, -0.25) is 38.6 Å². The number of aryl methyl sites for hydroxylation is 1. The first kappa shape index (κ1) is 66.8. The van der Waals surface area contributed by atoms with Gasteiger partial charge in [-0.2, -0.15) is 13.2 Å². The predicted molar refractivity (Wildman–Crippen MR) is 330 cm³/mol. The Morgan fingerprint density at radius 2 is 1.42 bits per heavy atom. The first-order valence-electron chi connectivity index (χ1n) is 29.9. The second-order valence-electron chi connectivity index (χ2n) is 23.5. The number of aromatic amines is 1. The number of halogens is 3. The second kappa shape index (κ2) is 31.4. The Hall–Kier alpha value is -7.10. The van der Waals surface area contributed by atoms with Gasteiger partial charge in [0.2, 0.25) is 29.2 Å². The number of likely N-dealkylation sites (tertiary alicyclic amines) is 1. The molecule has 0 spiro atoms. The van der Waals surface area contributed by atoms with Crippen molar-refractivity contribution in [2.45, 2.75) is 84.4 Å². The molecular formula is C63H82F3N11O10S. The Bertz CT molecular complexity index is 3210. The third kappa shape index (κ3) is 19.2. The quantitative estimate of drug-likeness (QED) is 0.0362. The van der Waals surface area contributed by atoms with E-state index in [9.17, 15) is 47.0 Å². The van der Waals surface area contributed by atoms with Crippen LogP contribution in [-0.2, 0) is 52.7 Å². The molecule has 3 unspecified atom stereocenters. The Morgan fingerprint density at radius 3 is 2.08 bits per heavy atom. The number of nitrogens with zero attached hydrogens (tertiary/aromatic N) is 6. The number of hydrogen-bond acceptors (Lipinski definition) is 16. The van der Waals surface area contributed by atoms with E-state index in [2.05, 4.69) is 63.0 Å². The lowest BCUT2D eigenvalue weighted by atomic mass is 9.85. The molecule has 25 heteroatoms. The van der Waals surface area contributed by atoms with Crippen LogP contribution >= 0.6 is 11.3 Å². The van der Waals surface area contributed by atoms with Gasteiger partial charge in [-0.25, -0.2) is 4.98 Å². The van der Waals surface area contributed by atoms with Crippen molar-refractivity contribution >= 4 is 52.2 Å². The van der Waals surface area contributed by atoms with Gasteiger partial charge >= 0.3 is 6.18 Å². The first-order chi connectivity index (χ1) is 42.1. The van der Waals surface area contributed by atoms with E-state index in [0.717, 1.165) is 83.9 Å². The van der Waals surface area contributed by atoms with Gasteiger partial charge in [0, 0.05) is 117 Å². The van der Waals surface area contributed by atoms with Gasteiger partial charge in [-0.1, -0.05) is 69.3 Å². The van der Waals surface area contributed by atoms with Crippen LogP contribution in [0.5, 0.6) is 0 Å². The largest absolute Gasteiger partial charge is 0.417 e. The van der Waals surface area contributed by atoms with Gasteiger partial charge in [0.25, 0.3) is 5.91 Å². The molecule has 3 aromatic carbocycles. The van der Waals surface area contributed by atoms with E-state index < -0.39 is 64.2 Å². The van der Waals surface area contributed by atoms with Crippen molar-refractivity contribution in [3.8, 4) is 21.6 Å². The third-order valence-corrected chi connectivity index (χ3v) is 16.8. The number of aliphatic hydroxyl groups is 1. The molecule has 6 N–H and O–H groups in total. The SMILES string of the molecule is Cc1ncsc1-c1ccc(CNC(=O)C2CC(O)CN2C(=O)C(NC(=O)CCOCCOCCOCCC(=O)NCCN2CCN(Cc3cccc(-c4ccc(N5CCN(C)CC5)c(NC(=O)c5c[nH]c(=O)cc5C(F)(F)F)c4)c3)CC2)C(C)(C)C)cc1. The fourth-order valence-electron chi connectivity index (χ4n) is 10.8. The average Bonchev–Trinajstić information content (AvgIpc) is 2.81. The number of carbonyl (C=O) groups excluding carboxylic acids is 5. The smallest absolute Gasteiger partial charge is 0.391 e. The minimum atomic E-state index is -4.91. The van der Waals surface area contributed by atoms with Gasteiger partial charge in [0.05, 0.1) is 84.3 Å². The number of rotatable bonds is 27. The van der Waals surface area contributed by atoms with Crippen molar-refractivity contribution in [1.82, 2.24) is 45.5 Å². The number of aromatic nitrogens is 2. The summed E-state index contributed by atoms with van der Waals surface area (Å²) in [4.78, 5) is 96.4. The molecule has 3 aliphatic heterocycles. The van der Waals surface area contributed by atoms with Crippen LogP contribution in [0.25, 0.3) is 21.6 Å². The molecule has 21 nitrogen and oxygen atoms in total. The van der Waals surface area contributed by atoms with E-state index in [-0.39, 0.29) is 83.8 Å². The molecule has 0 aliphatic carbocycles. The first-order valence-corrected chi connectivity index (χ1v) is 30.8. The number of aliphatic hydroxyl groups excluding tert-OH is 1. The van der Waals surface area contributed by atoms with Crippen LogP contribution in [0.3, 0.4) is 0 Å². The molecule has 5 heterocycles. The Kier molecular flexibility index (Phi) is 23.8. The van der Waals surface area contributed by atoms with Crippen molar-refractivity contribution in [3.63, 3.8) is 0 Å². The van der Waals surface area contributed by atoms with E-state index >= 15 is 0 Å². The lowest BCUT2D eigenvalue weighted by molar-refractivity contribution is -0.144. The Morgan fingerprint density at radius 1 is 0.773 bits per heavy atom. The zero-order chi connectivity index (χ0) is 63.0. The molecule has 2 aromatic heterocycles. The van der Waals surface area contributed by atoms with E-state index in [1.807, 2.05) is 83.3 Å². The number of pyridine rings is 1. The van der Waals surface area contributed by atoms with E-state index in [1.54, 1.807) is 22.9 Å². The van der Waals surface area contributed by atoms with Crippen LogP contribution in [-0.4, -0.2) is 201 Å². The number of alkyl halides is 3. The highest BCUT2D eigenvalue weighted by Crippen LogP contribution is 2.36. The molecule has 0 bridgehead atoms. The maximum absolute atomic E-state index is 14.0. The fraction of sp³-hybridized carbons (Fsp3) is 0.508. The molecule has 0 saturated carbocycles. The number of hydrogen-bond donors (Lipinski definition) is 6. The number of β-amino-alcohol motifs (C(OH)–C–C–N with tert-alkyl or cyclic N) is 1. The minimum absolute atomic E-state index is 0.00668. The molecule has 0 radical (unpaired) electrons. The number of H-pyrrole nitrogens is 1. The highest BCUT2D eigenvalue weighted by atomic mass is 32.1. The van der Waals surface area contributed by atoms with Gasteiger partial charge in [0.15, 0.2) is 0 Å². The number of nitrogens with one attached hydrogen (secondary N) is 5. The number of amides is 5. The number of piperazine rings is 2. The zero-order valence-electron chi connectivity index (χ0n) is 50.7. The predicted octanol–water partition coefficient (Wildman–Crippen LogP) is 5.37. The van der Waals surface area contributed by atoms with Crippen LogP contribution in [0, 0.1) is 12.3 Å². The highest BCUT2D eigenvalue weighted by molar-refractivity contribution is 7.13. The van der Waals surface area contributed by atoms with Crippen molar-refractivity contribution in [2.75, 3.05) is 129 Å².